The number of amides is 1. The van der Waals surface area contributed by atoms with E-state index < -0.39 is 5.60 Å². The molecule has 1 amide bonds. The lowest BCUT2D eigenvalue weighted by Gasteiger charge is -2.54. The zero-order valence-corrected chi connectivity index (χ0v) is 29.9. The van der Waals surface area contributed by atoms with Gasteiger partial charge in [0.1, 0.15) is 5.78 Å². The number of nitrogens with one attached hydrogen (secondary N) is 1. The minimum Gasteiger partial charge on any atom is -0.375 e. The average molecular weight is 616 g/mol. The fourth-order valence-corrected chi connectivity index (χ4v) is 10.9. The van der Waals surface area contributed by atoms with Crippen LogP contribution < -0.4 is 5.32 Å². The normalized spacial score (nSPS) is 32.5. The quantitative estimate of drug-likeness (QED) is 0.147. The minimum atomic E-state index is -0.460. The Morgan fingerprint density at radius 1 is 1.07 bits per heavy atom. The van der Waals surface area contributed by atoms with E-state index in [9.17, 15) is 9.59 Å². The summed E-state index contributed by atoms with van der Waals surface area (Å²) in [7, 11) is 0. The first-order valence-corrected chi connectivity index (χ1v) is 19.0. The van der Waals surface area contributed by atoms with Crippen LogP contribution in [-0.4, -0.2) is 40.4 Å². The van der Waals surface area contributed by atoms with E-state index in [1.165, 1.54) is 77.0 Å². The summed E-state index contributed by atoms with van der Waals surface area (Å²) in [5.41, 5.74) is 1.54. The molecule has 4 aliphatic rings. The SMILES string of the molecule is CC(=O)CC(C)(C)OCCC(C)(C)NC(=O)CSC1CCC2C(=CCC3C2CCC2(C)C(CCCCC(C)C)CCC32)C1. The van der Waals surface area contributed by atoms with Crippen LogP contribution >= 0.6 is 11.8 Å². The van der Waals surface area contributed by atoms with E-state index in [-0.39, 0.29) is 17.2 Å². The van der Waals surface area contributed by atoms with Gasteiger partial charge in [0, 0.05) is 23.8 Å². The van der Waals surface area contributed by atoms with Crippen molar-refractivity contribution in [2.45, 2.75) is 162 Å². The lowest BCUT2D eigenvalue weighted by molar-refractivity contribution is -0.123. The standard InChI is InChI=1S/C38H65NO3S/c1-26(2)11-9-10-12-29-14-18-34-33-16-13-28-23-30(15-17-31(28)32(33)19-20-38(29,34)8)43-25-35(41)39-36(4,5)21-22-42-37(6,7)24-27(3)40/h13,26,29-34H,9-12,14-25H2,1-8H3,(H,39,41). The van der Waals surface area contributed by atoms with Crippen molar-refractivity contribution in [1.29, 1.82) is 0 Å². The van der Waals surface area contributed by atoms with Crippen molar-refractivity contribution in [3.05, 3.63) is 11.6 Å². The molecule has 0 aromatic heterocycles. The molecule has 0 aromatic carbocycles. The zero-order valence-electron chi connectivity index (χ0n) is 29.1. The van der Waals surface area contributed by atoms with Crippen molar-refractivity contribution >= 4 is 23.5 Å². The van der Waals surface area contributed by atoms with Crippen LogP contribution in [0, 0.1) is 40.9 Å². The van der Waals surface area contributed by atoms with Gasteiger partial charge in [-0.25, -0.2) is 0 Å². The van der Waals surface area contributed by atoms with E-state index in [0.29, 0.717) is 29.4 Å². The summed E-state index contributed by atoms with van der Waals surface area (Å²) in [5.74, 6) is 6.20. The van der Waals surface area contributed by atoms with E-state index >= 15 is 0 Å². The smallest absolute Gasteiger partial charge is 0.230 e. The van der Waals surface area contributed by atoms with Gasteiger partial charge in [-0.1, -0.05) is 51.7 Å². The number of allylic oxidation sites excluding steroid dienone is 2. The van der Waals surface area contributed by atoms with Crippen molar-refractivity contribution in [3.63, 3.8) is 0 Å². The first-order chi connectivity index (χ1) is 20.2. The second kappa shape index (κ2) is 14.7. The number of hydrogen-bond donors (Lipinski definition) is 1. The van der Waals surface area contributed by atoms with Crippen LogP contribution in [0.25, 0.3) is 0 Å². The molecule has 0 spiro atoms. The Kier molecular flexibility index (Phi) is 12.0. The first-order valence-electron chi connectivity index (χ1n) is 17.9. The maximum absolute atomic E-state index is 12.9. The topological polar surface area (TPSA) is 55.4 Å². The van der Waals surface area contributed by atoms with Gasteiger partial charge in [0.15, 0.2) is 0 Å². The lowest BCUT2D eigenvalue weighted by Crippen LogP contribution is -2.46. The minimum absolute atomic E-state index is 0.129. The van der Waals surface area contributed by atoms with Crippen molar-refractivity contribution in [3.8, 4) is 0 Å². The molecule has 0 bridgehead atoms. The fraction of sp³-hybridized carbons (Fsp3) is 0.895. The molecule has 0 aromatic rings. The fourth-order valence-electron chi connectivity index (χ4n) is 9.80. The van der Waals surface area contributed by atoms with Gasteiger partial charge in [0.05, 0.1) is 11.4 Å². The molecule has 43 heavy (non-hydrogen) atoms. The average Bonchev–Trinajstić information content (AvgIpc) is 3.24. The third kappa shape index (κ3) is 9.36. The Morgan fingerprint density at radius 3 is 2.56 bits per heavy atom. The van der Waals surface area contributed by atoms with Crippen LogP contribution in [0.2, 0.25) is 0 Å². The van der Waals surface area contributed by atoms with E-state index in [2.05, 4.69) is 46.0 Å². The predicted molar refractivity (Wildman–Crippen MR) is 182 cm³/mol. The Balaban J connectivity index is 1.21. The number of fused-ring (bicyclic) bond motifs is 5. The summed E-state index contributed by atoms with van der Waals surface area (Å²) in [5, 5.41) is 3.81. The van der Waals surface area contributed by atoms with Crippen LogP contribution in [0.5, 0.6) is 0 Å². The van der Waals surface area contributed by atoms with E-state index in [4.69, 9.17) is 4.74 Å². The number of carbonyl (C=O) groups excluding carboxylic acids is 2. The summed E-state index contributed by atoms with van der Waals surface area (Å²) < 4.78 is 5.98. The van der Waals surface area contributed by atoms with E-state index in [1.54, 1.807) is 12.5 Å². The van der Waals surface area contributed by atoms with Gasteiger partial charge < -0.3 is 10.1 Å². The molecule has 0 radical (unpaired) electrons. The molecule has 3 saturated carbocycles. The highest BCUT2D eigenvalue weighted by molar-refractivity contribution is 8.00. The van der Waals surface area contributed by atoms with Crippen LogP contribution in [0.15, 0.2) is 11.6 Å². The van der Waals surface area contributed by atoms with E-state index in [0.717, 1.165) is 41.9 Å². The van der Waals surface area contributed by atoms with Crippen molar-refractivity contribution in [2.75, 3.05) is 12.4 Å². The van der Waals surface area contributed by atoms with Gasteiger partial charge in [-0.15, -0.1) is 11.8 Å². The van der Waals surface area contributed by atoms with Gasteiger partial charge in [0.2, 0.25) is 5.91 Å². The molecule has 4 rings (SSSR count). The number of unbranched alkanes of at least 4 members (excludes halogenated alkanes) is 1. The highest BCUT2D eigenvalue weighted by Crippen LogP contribution is 2.64. The highest BCUT2D eigenvalue weighted by atomic mass is 32.2. The summed E-state index contributed by atoms with van der Waals surface area (Å²) in [6, 6.07) is 0. The van der Waals surface area contributed by atoms with E-state index in [1.807, 2.05) is 25.6 Å². The van der Waals surface area contributed by atoms with Gasteiger partial charge in [0.25, 0.3) is 0 Å². The Labute approximate surface area is 269 Å². The number of rotatable bonds is 15. The van der Waals surface area contributed by atoms with Crippen molar-refractivity contribution in [2.24, 2.45) is 40.9 Å². The van der Waals surface area contributed by atoms with Gasteiger partial charge in [-0.3, -0.25) is 9.59 Å². The molecule has 1 N–H and O–H groups in total. The maximum atomic E-state index is 12.9. The zero-order chi connectivity index (χ0) is 31.4. The maximum Gasteiger partial charge on any atom is 0.230 e. The third-order valence-electron chi connectivity index (χ3n) is 12.0. The molecular formula is C38H65NO3S. The first kappa shape index (κ1) is 35.1. The molecule has 0 aliphatic heterocycles. The van der Waals surface area contributed by atoms with Crippen LogP contribution in [0.4, 0.5) is 0 Å². The van der Waals surface area contributed by atoms with Crippen LogP contribution in [-0.2, 0) is 14.3 Å². The lowest BCUT2D eigenvalue weighted by atomic mass is 9.51. The number of hydrogen-bond acceptors (Lipinski definition) is 4. The molecule has 246 valence electrons. The van der Waals surface area contributed by atoms with Gasteiger partial charge >= 0.3 is 0 Å². The third-order valence-corrected chi connectivity index (χ3v) is 13.3. The molecule has 4 aliphatic carbocycles. The Bertz CT molecular complexity index is 986. The number of carbonyl (C=O) groups is 2. The molecule has 0 saturated heterocycles. The molecular weight excluding hydrogens is 550 g/mol. The Hall–Kier alpha value is -0.810. The number of ether oxygens (including phenoxy) is 1. The molecule has 7 unspecified atom stereocenters. The number of Topliss-reactive ketones (excluding diaryl/α,β-unsaturated/α-hetero) is 1. The number of ketones is 1. The summed E-state index contributed by atoms with van der Waals surface area (Å²) in [6.45, 7) is 17.6. The van der Waals surface area contributed by atoms with Crippen molar-refractivity contribution in [1.82, 2.24) is 5.32 Å². The monoisotopic (exact) mass is 615 g/mol. The number of thioether (sulfide) groups is 1. The second-order valence-corrected chi connectivity index (χ2v) is 18.2. The second-order valence-electron chi connectivity index (χ2n) is 16.9. The molecule has 3 fully saturated rings. The molecule has 7 atom stereocenters. The van der Waals surface area contributed by atoms with Gasteiger partial charge in [-0.2, -0.15) is 0 Å². The predicted octanol–water partition coefficient (Wildman–Crippen LogP) is 9.55. The Morgan fingerprint density at radius 2 is 1.84 bits per heavy atom. The summed E-state index contributed by atoms with van der Waals surface area (Å²) in [4.78, 5) is 24.4. The molecule has 4 nitrogen and oxygen atoms in total. The van der Waals surface area contributed by atoms with Crippen LogP contribution in [0.3, 0.4) is 0 Å². The van der Waals surface area contributed by atoms with Crippen molar-refractivity contribution < 1.29 is 14.3 Å². The van der Waals surface area contributed by atoms with Gasteiger partial charge in [-0.05, 0) is 140 Å². The summed E-state index contributed by atoms with van der Waals surface area (Å²) in [6.07, 6.45) is 20.5. The molecule has 5 heteroatoms. The summed E-state index contributed by atoms with van der Waals surface area (Å²) >= 11 is 1.87. The highest BCUT2D eigenvalue weighted by Gasteiger charge is 2.55. The largest absolute Gasteiger partial charge is 0.375 e. The van der Waals surface area contributed by atoms with Crippen LogP contribution in [0.1, 0.15) is 145 Å². The molecule has 0 heterocycles.